The molecule has 1 aliphatic rings. The number of nitrogens with one attached hydrogen (secondary N) is 1. The zero-order chi connectivity index (χ0) is 27.9. The van der Waals surface area contributed by atoms with Gasteiger partial charge in [0.05, 0.1) is 15.0 Å². The van der Waals surface area contributed by atoms with Gasteiger partial charge in [-0.05, 0) is 38.8 Å². The predicted octanol–water partition coefficient (Wildman–Crippen LogP) is 0.243. The van der Waals surface area contributed by atoms with Gasteiger partial charge in [-0.25, -0.2) is 19.1 Å². The van der Waals surface area contributed by atoms with E-state index in [2.05, 4.69) is 15.4 Å². The summed E-state index contributed by atoms with van der Waals surface area (Å²) in [6.07, 6.45) is -5.64. The van der Waals surface area contributed by atoms with E-state index >= 15 is 0 Å². The van der Waals surface area contributed by atoms with Crippen LogP contribution in [0.5, 0.6) is 0 Å². The maximum absolute atomic E-state index is 13.3. The summed E-state index contributed by atoms with van der Waals surface area (Å²) in [6.45, 7) is 5.05. The second-order valence-electron chi connectivity index (χ2n) is 9.39. The Bertz CT molecular complexity index is 1220. The predicted molar refractivity (Wildman–Crippen MR) is 121 cm³/mol. The van der Waals surface area contributed by atoms with Gasteiger partial charge in [-0.15, -0.1) is 0 Å². The van der Waals surface area contributed by atoms with Gasteiger partial charge in [0.1, 0.15) is 41.8 Å². The van der Waals surface area contributed by atoms with E-state index in [9.17, 15) is 25.1 Å². The molecular formula is C22H30N6O7. The van der Waals surface area contributed by atoms with Crippen molar-refractivity contribution in [2.45, 2.75) is 70.2 Å². The number of fused-ring (bicyclic) bond motifs is 1. The van der Waals surface area contributed by atoms with Gasteiger partial charge in [0.25, 0.3) is 0 Å². The van der Waals surface area contributed by atoms with Crippen molar-refractivity contribution in [3.8, 4) is 6.07 Å². The smallest absolute Gasteiger partial charge is 0.408 e. The number of nitrogens with two attached hydrogens (primary N) is 1. The number of nitrogens with zero attached hydrogens (tertiary/aromatic N) is 4. The fourth-order valence-corrected chi connectivity index (χ4v) is 3.71. The van der Waals surface area contributed by atoms with Crippen LogP contribution < -0.4 is 11.1 Å². The Balaban J connectivity index is 2.04. The van der Waals surface area contributed by atoms with Crippen molar-refractivity contribution in [3.63, 3.8) is 0 Å². The Morgan fingerprint density at radius 2 is 2.14 bits per heavy atom. The second-order valence-corrected chi connectivity index (χ2v) is 9.39. The molecule has 190 valence electrons. The Morgan fingerprint density at radius 1 is 1.46 bits per heavy atom. The molecule has 13 heteroatoms. The highest BCUT2D eigenvalue weighted by atomic mass is 16.6. The van der Waals surface area contributed by atoms with Crippen LogP contribution in [0.1, 0.15) is 43.1 Å². The Labute approximate surface area is 204 Å². The zero-order valence-electron chi connectivity index (χ0n) is 21.9. The third kappa shape index (κ3) is 5.00. The molecule has 0 radical (unpaired) electrons. The fraction of sp³-hybridized carbons (Fsp3) is 0.591. The minimum absolute atomic E-state index is 0.0527. The minimum atomic E-state index is -3.13. The first kappa shape index (κ1) is 23.3. The lowest BCUT2D eigenvalue weighted by molar-refractivity contribution is -0.164. The number of alkyl carbamates (subject to hydrolysis) is 1. The summed E-state index contributed by atoms with van der Waals surface area (Å²) in [5.74, 6) is -1.52. The molecule has 5 N–H and O–H groups in total. The number of nitriles is 1. The van der Waals surface area contributed by atoms with Gasteiger partial charge >= 0.3 is 12.1 Å². The highest BCUT2D eigenvalue weighted by molar-refractivity contribution is 5.82. The maximum Gasteiger partial charge on any atom is 0.408 e. The quantitative estimate of drug-likeness (QED) is 0.403. The number of ether oxygens (including phenoxy) is 3. The normalized spacial score (nSPS) is 26.5. The van der Waals surface area contributed by atoms with Crippen LogP contribution in [0.3, 0.4) is 0 Å². The van der Waals surface area contributed by atoms with E-state index in [0.29, 0.717) is 0 Å². The number of aliphatic hydroxyl groups excluding tert-OH is 1. The van der Waals surface area contributed by atoms with Gasteiger partial charge < -0.3 is 35.5 Å². The summed E-state index contributed by atoms with van der Waals surface area (Å²) in [5, 5.41) is 37.7. The summed E-state index contributed by atoms with van der Waals surface area (Å²) in [7, 11) is 0. The van der Waals surface area contributed by atoms with Crippen molar-refractivity contribution in [2.75, 3.05) is 12.3 Å². The van der Waals surface area contributed by atoms with E-state index in [4.69, 9.17) is 22.7 Å². The van der Waals surface area contributed by atoms with Gasteiger partial charge in [-0.2, -0.15) is 10.4 Å². The molecule has 0 aromatic carbocycles. The van der Waals surface area contributed by atoms with Crippen molar-refractivity contribution in [3.05, 3.63) is 24.2 Å². The van der Waals surface area contributed by atoms with Crippen molar-refractivity contribution < 1.29 is 36.8 Å². The number of carbonyl (C=O) groups excluding carboxylic acids is 2. The van der Waals surface area contributed by atoms with E-state index in [0.717, 1.165) is 6.33 Å². The standard InChI is InChI=1S/C22H30N6O7/c1-11(2)15(27-20(32)35-21(3,4)5)19(31)33-17-16(30)13(8-29)34-22(17,9-23)14-7-6-12-18(24)25-10-26-28(12)14/h6-7,10-11,13,15-17,29-30H,8H2,1-5H3,(H,27,32)(H2,24,25,26)/t13-,15+,16-,17-,22+/m1/s1/i8D2. The molecule has 3 rings (SSSR count). The first-order chi connectivity index (χ1) is 17.0. The average molecular weight is 493 g/mol. The van der Waals surface area contributed by atoms with Crippen LogP contribution in [0.15, 0.2) is 18.5 Å². The third-order valence-electron chi connectivity index (χ3n) is 5.33. The molecule has 1 saturated heterocycles. The van der Waals surface area contributed by atoms with Crippen LogP contribution in [0.25, 0.3) is 5.52 Å². The highest BCUT2D eigenvalue weighted by Gasteiger charge is 2.60. The lowest BCUT2D eigenvalue weighted by atomic mass is 9.92. The van der Waals surface area contributed by atoms with Crippen LogP contribution in [-0.2, 0) is 24.6 Å². The average Bonchev–Trinajstić information content (AvgIpc) is 3.32. The summed E-state index contributed by atoms with van der Waals surface area (Å²) < 4.78 is 32.9. The van der Waals surface area contributed by atoms with E-state index in [1.54, 1.807) is 34.6 Å². The molecular weight excluding hydrogens is 460 g/mol. The van der Waals surface area contributed by atoms with Crippen molar-refractivity contribution in [2.24, 2.45) is 5.92 Å². The zero-order valence-corrected chi connectivity index (χ0v) is 19.9. The minimum Gasteiger partial charge on any atom is -0.453 e. The number of carbonyl (C=O) groups is 2. The first-order valence-corrected chi connectivity index (χ1v) is 10.8. The van der Waals surface area contributed by atoms with E-state index in [1.807, 2.05) is 6.07 Å². The number of hydrogen-bond acceptors (Lipinski definition) is 11. The molecule has 0 bridgehead atoms. The molecule has 35 heavy (non-hydrogen) atoms. The number of amides is 1. The molecule has 1 amide bonds. The first-order valence-electron chi connectivity index (χ1n) is 11.8. The Hall–Kier alpha value is -3.47. The van der Waals surface area contributed by atoms with Gasteiger partial charge in [0.2, 0.25) is 5.60 Å². The molecule has 0 aliphatic carbocycles. The van der Waals surface area contributed by atoms with Crippen molar-refractivity contribution >= 4 is 23.4 Å². The molecule has 1 fully saturated rings. The molecule has 2 aromatic rings. The van der Waals surface area contributed by atoms with E-state index in [-0.39, 0.29) is 17.0 Å². The van der Waals surface area contributed by atoms with Gasteiger partial charge in [0, 0.05) is 0 Å². The molecule has 1 aliphatic heterocycles. The summed E-state index contributed by atoms with van der Waals surface area (Å²) in [5.41, 5.74) is 2.88. The molecule has 0 spiro atoms. The lowest BCUT2D eigenvalue weighted by Crippen LogP contribution is -2.51. The van der Waals surface area contributed by atoms with E-state index in [1.165, 1.54) is 16.6 Å². The van der Waals surface area contributed by atoms with Crippen LogP contribution >= 0.6 is 0 Å². The molecule has 5 atom stereocenters. The number of aromatic nitrogens is 3. The Morgan fingerprint density at radius 3 is 2.71 bits per heavy atom. The van der Waals surface area contributed by atoms with Crippen molar-refractivity contribution in [1.82, 2.24) is 19.9 Å². The third-order valence-corrected chi connectivity index (χ3v) is 5.33. The fourth-order valence-electron chi connectivity index (χ4n) is 3.71. The number of nitrogen functional groups attached to an aromatic ring is 1. The monoisotopic (exact) mass is 492 g/mol. The largest absolute Gasteiger partial charge is 0.453 e. The topological polar surface area (TPSA) is 194 Å². The number of hydrogen-bond donors (Lipinski definition) is 4. The van der Waals surface area contributed by atoms with Gasteiger partial charge in [-0.1, -0.05) is 13.8 Å². The SMILES string of the molecule is [2H]C([2H])(O)[C@H]1O[C@@](C#N)(c2ccc3c(N)ncnn23)[C@H](OC(=O)[C@@H](NC(=O)OC(C)(C)C)C(C)C)[C@@H]1O. The summed E-state index contributed by atoms with van der Waals surface area (Å²) in [4.78, 5) is 29.5. The molecule has 3 heterocycles. The summed E-state index contributed by atoms with van der Waals surface area (Å²) in [6, 6.07) is 3.40. The Kier molecular flexibility index (Phi) is 6.42. The number of rotatable bonds is 6. The molecule has 0 saturated carbocycles. The molecule has 2 aromatic heterocycles. The molecule has 13 nitrogen and oxygen atoms in total. The summed E-state index contributed by atoms with van der Waals surface area (Å²) >= 11 is 0. The number of aliphatic hydroxyl groups is 2. The van der Waals surface area contributed by atoms with Crippen LogP contribution in [-0.4, -0.2) is 73.4 Å². The van der Waals surface area contributed by atoms with Crippen LogP contribution in [0, 0.1) is 17.2 Å². The van der Waals surface area contributed by atoms with Crippen molar-refractivity contribution in [1.29, 1.82) is 5.26 Å². The van der Waals surface area contributed by atoms with Gasteiger partial charge in [-0.3, -0.25) is 0 Å². The lowest BCUT2D eigenvalue weighted by Gasteiger charge is -2.30. The number of anilines is 1. The highest BCUT2D eigenvalue weighted by Crippen LogP contribution is 2.42. The molecule has 0 unspecified atom stereocenters. The van der Waals surface area contributed by atoms with Crippen LogP contribution in [0.2, 0.25) is 0 Å². The van der Waals surface area contributed by atoms with Gasteiger partial charge in [0.15, 0.2) is 11.9 Å². The number of esters is 1. The van der Waals surface area contributed by atoms with Crippen LogP contribution in [0.4, 0.5) is 10.6 Å². The van der Waals surface area contributed by atoms with E-state index < -0.39 is 60.1 Å². The maximum atomic E-state index is 13.3. The second kappa shape index (κ2) is 9.65.